The topological polar surface area (TPSA) is 69.5 Å². The summed E-state index contributed by atoms with van der Waals surface area (Å²) in [5.74, 6) is -0.761. The number of aromatic nitrogens is 1. The van der Waals surface area contributed by atoms with Crippen molar-refractivity contribution in [2.24, 2.45) is 0 Å². The summed E-state index contributed by atoms with van der Waals surface area (Å²) in [5, 5.41) is 9.36. The van der Waals surface area contributed by atoms with Gasteiger partial charge in [0.2, 0.25) is 5.88 Å². The number of methoxy groups -OCH3 is 1. The zero-order chi connectivity index (χ0) is 24.8. The maximum Gasteiger partial charge on any atom is 0.417 e. The second kappa shape index (κ2) is 8.33. The summed E-state index contributed by atoms with van der Waals surface area (Å²) in [5.41, 5.74) is -0.182. The third kappa shape index (κ3) is 3.90. The zero-order valence-corrected chi connectivity index (χ0v) is 18.4. The Bertz CT molecular complexity index is 1350. The first-order valence-corrected chi connectivity index (χ1v) is 10.1. The van der Waals surface area contributed by atoms with Gasteiger partial charge < -0.3 is 9.64 Å². The second-order valence-electron chi connectivity index (χ2n) is 7.72. The molecule has 10 heteroatoms. The highest BCUT2D eigenvalue weighted by atomic mass is 19.4. The fraction of sp³-hybridized carbons (Fsp3) is 0.208. The number of anilines is 3. The van der Waals surface area contributed by atoms with E-state index >= 15 is 0 Å². The Hall–Kier alpha value is -4.13. The van der Waals surface area contributed by atoms with Gasteiger partial charge in [0, 0.05) is 11.8 Å². The van der Waals surface area contributed by atoms with Crippen molar-refractivity contribution in [1.82, 2.24) is 4.98 Å². The molecule has 1 amide bonds. The Kier molecular flexibility index (Phi) is 5.65. The van der Waals surface area contributed by atoms with Crippen LogP contribution < -0.4 is 14.5 Å². The number of hydrogen-bond acceptors (Lipinski definition) is 5. The molecule has 0 saturated heterocycles. The van der Waals surface area contributed by atoms with E-state index < -0.39 is 29.0 Å². The van der Waals surface area contributed by atoms with Gasteiger partial charge in [0.1, 0.15) is 12.5 Å². The van der Waals surface area contributed by atoms with Gasteiger partial charge in [0.25, 0.3) is 5.91 Å². The quantitative estimate of drug-likeness (QED) is 0.474. The summed E-state index contributed by atoms with van der Waals surface area (Å²) < 4.78 is 60.0. The predicted molar refractivity (Wildman–Crippen MR) is 117 cm³/mol. The Labute approximate surface area is 192 Å². The first-order chi connectivity index (χ1) is 16.0. The largest absolute Gasteiger partial charge is 0.481 e. The van der Waals surface area contributed by atoms with Gasteiger partial charge in [0.05, 0.1) is 46.9 Å². The zero-order valence-electron chi connectivity index (χ0n) is 18.4. The maximum atomic E-state index is 13.8. The lowest BCUT2D eigenvalue weighted by Gasteiger charge is -2.39. The van der Waals surface area contributed by atoms with Crippen LogP contribution in [0.5, 0.6) is 5.88 Å². The molecule has 6 nitrogen and oxygen atoms in total. The molecular formula is C24H18F4N4O2. The third-order valence-electron chi connectivity index (χ3n) is 5.59. The highest BCUT2D eigenvalue weighted by molar-refractivity contribution is 6.13. The number of nitrogens with zero attached hydrogens (tertiary/aromatic N) is 4. The summed E-state index contributed by atoms with van der Waals surface area (Å²) in [7, 11) is 1.45. The molecule has 0 saturated carbocycles. The average Bonchev–Trinajstić information content (AvgIpc) is 2.78. The summed E-state index contributed by atoms with van der Waals surface area (Å²) in [6.07, 6.45) is -4.81. The first-order valence-electron chi connectivity index (χ1n) is 10.1. The van der Waals surface area contributed by atoms with E-state index in [4.69, 9.17) is 4.74 Å². The number of alkyl halides is 3. The Morgan fingerprint density at radius 1 is 1.03 bits per heavy atom. The molecule has 0 N–H and O–H groups in total. The molecule has 3 aromatic rings. The molecule has 174 valence electrons. The monoisotopic (exact) mass is 470 g/mol. The lowest BCUT2D eigenvalue weighted by molar-refractivity contribution is -0.137. The molecule has 2 aromatic carbocycles. The van der Waals surface area contributed by atoms with E-state index in [1.807, 2.05) is 0 Å². The normalized spacial score (nSPS) is 13.5. The molecule has 0 fully saturated rings. The molecule has 0 spiro atoms. The van der Waals surface area contributed by atoms with Crippen molar-refractivity contribution in [2.45, 2.75) is 20.0 Å². The molecule has 1 aromatic heterocycles. The molecule has 2 heterocycles. The van der Waals surface area contributed by atoms with Crippen LogP contribution in [0.1, 0.15) is 32.7 Å². The van der Waals surface area contributed by atoms with Crippen molar-refractivity contribution in [1.29, 1.82) is 5.26 Å². The summed E-state index contributed by atoms with van der Waals surface area (Å²) >= 11 is 0. The fourth-order valence-corrected chi connectivity index (χ4v) is 3.98. The van der Waals surface area contributed by atoms with E-state index in [1.165, 1.54) is 41.2 Å². The third-order valence-corrected chi connectivity index (χ3v) is 5.59. The highest BCUT2D eigenvalue weighted by Crippen LogP contribution is 2.42. The number of amides is 1. The molecule has 0 unspecified atom stereocenters. The molecule has 1 aliphatic rings. The van der Waals surface area contributed by atoms with Gasteiger partial charge in [-0.05, 0) is 55.8 Å². The standard InChI is InChI=1S/C24H18F4N4O2/c1-13-8-16(25)4-5-19(13)31-12-32(20-6-7-22(34-3)30-14(20)2)23(33)17-9-15(11-29)18(10-21(17)31)24(26,27)28/h4-10H,12H2,1-3H3. The number of pyridine rings is 1. The number of ether oxygens (including phenoxy) is 1. The molecule has 0 atom stereocenters. The minimum atomic E-state index is -4.81. The number of halogens is 4. The van der Waals surface area contributed by atoms with Crippen LogP contribution in [0.4, 0.5) is 34.6 Å². The van der Waals surface area contributed by atoms with E-state index in [1.54, 1.807) is 26.0 Å². The van der Waals surface area contributed by atoms with Gasteiger partial charge in [-0.1, -0.05) is 0 Å². The van der Waals surface area contributed by atoms with Crippen LogP contribution in [-0.2, 0) is 6.18 Å². The van der Waals surface area contributed by atoms with Crippen molar-refractivity contribution in [3.05, 3.63) is 76.2 Å². The van der Waals surface area contributed by atoms with Gasteiger partial charge in [-0.2, -0.15) is 18.4 Å². The minimum Gasteiger partial charge on any atom is -0.481 e. The molecule has 34 heavy (non-hydrogen) atoms. The van der Waals surface area contributed by atoms with Crippen molar-refractivity contribution in [2.75, 3.05) is 23.6 Å². The predicted octanol–water partition coefficient (Wildman–Crippen LogP) is 5.49. The number of carbonyl (C=O) groups excluding carboxylic acids is 1. The Morgan fingerprint density at radius 2 is 1.74 bits per heavy atom. The SMILES string of the molecule is COc1ccc(N2CN(c3ccc(F)cc3C)c3cc(C(F)(F)F)c(C#N)cc3C2=O)c(C)n1. The van der Waals surface area contributed by atoms with Crippen LogP contribution in [-0.4, -0.2) is 24.7 Å². The van der Waals surface area contributed by atoms with Gasteiger partial charge >= 0.3 is 6.18 Å². The molecule has 1 aliphatic heterocycles. The first kappa shape index (κ1) is 23.0. The van der Waals surface area contributed by atoms with E-state index in [-0.39, 0.29) is 17.9 Å². The number of carbonyl (C=O) groups is 1. The molecule has 4 rings (SSSR count). The Morgan fingerprint density at radius 3 is 2.32 bits per heavy atom. The van der Waals surface area contributed by atoms with Crippen LogP contribution in [0.3, 0.4) is 0 Å². The van der Waals surface area contributed by atoms with Crippen molar-refractivity contribution < 1.29 is 27.1 Å². The van der Waals surface area contributed by atoms with Gasteiger partial charge in [-0.25, -0.2) is 9.37 Å². The second-order valence-corrected chi connectivity index (χ2v) is 7.72. The molecule has 0 aliphatic carbocycles. The minimum absolute atomic E-state index is 0.0265. The number of aryl methyl sites for hydroxylation is 2. The number of nitriles is 1. The number of hydrogen-bond donors (Lipinski definition) is 0. The number of fused-ring (bicyclic) bond motifs is 1. The highest BCUT2D eigenvalue weighted by Gasteiger charge is 2.39. The smallest absolute Gasteiger partial charge is 0.417 e. The van der Waals surface area contributed by atoms with E-state index in [0.29, 0.717) is 28.5 Å². The van der Waals surface area contributed by atoms with Gasteiger partial charge in [0.15, 0.2) is 0 Å². The van der Waals surface area contributed by atoms with E-state index in [0.717, 1.165) is 12.1 Å². The van der Waals surface area contributed by atoms with Crippen LogP contribution in [0.15, 0.2) is 42.5 Å². The summed E-state index contributed by atoms with van der Waals surface area (Å²) in [4.78, 5) is 20.6. The Balaban J connectivity index is 1.97. The fourth-order valence-electron chi connectivity index (χ4n) is 3.98. The lowest BCUT2D eigenvalue weighted by Crippen LogP contribution is -2.45. The van der Waals surface area contributed by atoms with E-state index in [9.17, 15) is 27.6 Å². The molecule has 0 radical (unpaired) electrons. The van der Waals surface area contributed by atoms with Crippen LogP contribution in [0.2, 0.25) is 0 Å². The summed E-state index contributed by atoms with van der Waals surface area (Å²) in [6, 6.07) is 10.4. The lowest BCUT2D eigenvalue weighted by atomic mass is 9.98. The van der Waals surface area contributed by atoms with Crippen molar-refractivity contribution in [3.63, 3.8) is 0 Å². The summed E-state index contributed by atoms with van der Waals surface area (Å²) in [6.45, 7) is 3.13. The van der Waals surface area contributed by atoms with Crippen molar-refractivity contribution in [3.8, 4) is 11.9 Å². The number of rotatable bonds is 3. The molecule has 0 bridgehead atoms. The van der Waals surface area contributed by atoms with Crippen LogP contribution in [0.25, 0.3) is 0 Å². The van der Waals surface area contributed by atoms with Gasteiger partial charge in [-0.15, -0.1) is 0 Å². The van der Waals surface area contributed by atoms with Crippen molar-refractivity contribution >= 4 is 23.0 Å². The van der Waals surface area contributed by atoms with Gasteiger partial charge in [-0.3, -0.25) is 9.69 Å². The van der Waals surface area contributed by atoms with Crippen LogP contribution in [0, 0.1) is 31.0 Å². The number of benzene rings is 2. The average molecular weight is 470 g/mol. The molecular weight excluding hydrogens is 452 g/mol. The van der Waals surface area contributed by atoms with E-state index in [2.05, 4.69) is 4.98 Å². The maximum absolute atomic E-state index is 13.8. The van der Waals surface area contributed by atoms with Crippen LogP contribution >= 0.6 is 0 Å².